The molecule has 146 valence electrons. The van der Waals surface area contributed by atoms with E-state index < -0.39 is 0 Å². The predicted octanol–water partition coefficient (Wildman–Crippen LogP) is 2.32. The Morgan fingerprint density at radius 3 is 2.85 bits per heavy atom. The minimum absolute atomic E-state index is 0.0651. The molecule has 3 N–H and O–H groups in total. The second-order valence-electron chi connectivity index (χ2n) is 7.11. The van der Waals surface area contributed by atoms with E-state index in [2.05, 4.69) is 26.1 Å². The molecule has 2 aromatic heterocycles. The van der Waals surface area contributed by atoms with Gasteiger partial charge in [0.05, 0.1) is 6.04 Å². The summed E-state index contributed by atoms with van der Waals surface area (Å²) in [5.74, 6) is 0.633. The molecular formula is C19H28N6O2. The van der Waals surface area contributed by atoms with Crippen molar-refractivity contribution in [1.82, 2.24) is 30.5 Å². The van der Waals surface area contributed by atoms with E-state index >= 15 is 0 Å². The highest BCUT2D eigenvalue weighted by Crippen LogP contribution is 2.17. The molecule has 8 heteroatoms. The number of hydrogen-bond acceptors (Lipinski definition) is 4. The van der Waals surface area contributed by atoms with Crippen LogP contribution in [-0.2, 0) is 4.79 Å². The molecule has 0 aromatic carbocycles. The summed E-state index contributed by atoms with van der Waals surface area (Å²) in [5.41, 5.74) is 0.752. The summed E-state index contributed by atoms with van der Waals surface area (Å²) >= 11 is 0. The summed E-state index contributed by atoms with van der Waals surface area (Å²) < 4.78 is 1.86. The summed E-state index contributed by atoms with van der Waals surface area (Å²) in [6.45, 7) is 2.37. The van der Waals surface area contributed by atoms with Crippen LogP contribution >= 0.6 is 0 Å². The molecule has 0 aliphatic heterocycles. The fourth-order valence-electron chi connectivity index (χ4n) is 3.47. The third-order valence-corrected chi connectivity index (χ3v) is 4.91. The van der Waals surface area contributed by atoms with E-state index in [9.17, 15) is 9.59 Å². The zero-order valence-electron chi connectivity index (χ0n) is 15.8. The van der Waals surface area contributed by atoms with Gasteiger partial charge >= 0.3 is 6.03 Å². The molecule has 2 heterocycles. The van der Waals surface area contributed by atoms with E-state index in [0.29, 0.717) is 31.3 Å². The lowest BCUT2D eigenvalue weighted by molar-refractivity contribution is -0.121. The average molecular weight is 372 g/mol. The zero-order valence-corrected chi connectivity index (χ0v) is 15.8. The van der Waals surface area contributed by atoms with Crippen molar-refractivity contribution in [1.29, 1.82) is 0 Å². The third-order valence-electron chi connectivity index (χ3n) is 4.91. The number of carbonyl (C=O) groups excluding carboxylic acids is 2. The Kier molecular flexibility index (Phi) is 6.62. The van der Waals surface area contributed by atoms with Crippen molar-refractivity contribution < 1.29 is 9.59 Å². The number of urea groups is 1. The van der Waals surface area contributed by atoms with E-state index in [0.717, 1.165) is 18.5 Å². The van der Waals surface area contributed by atoms with Gasteiger partial charge in [0.15, 0.2) is 11.5 Å². The van der Waals surface area contributed by atoms with Gasteiger partial charge in [0.1, 0.15) is 0 Å². The van der Waals surface area contributed by atoms with Crippen LogP contribution in [0.1, 0.15) is 63.7 Å². The van der Waals surface area contributed by atoms with E-state index in [4.69, 9.17) is 0 Å². The number of nitrogens with one attached hydrogen (secondary N) is 3. The van der Waals surface area contributed by atoms with Gasteiger partial charge < -0.3 is 16.0 Å². The van der Waals surface area contributed by atoms with Crippen LogP contribution in [0.3, 0.4) is 0 Å². The van der Waals surface area contributed by atoms with Gasteiger partial charge in [0.2, 0.25) is 5.91 Å². The minimum atomic E-state index is -0.238. The molecule has 3 rings (SSSR count). The highest BCUT2D eigenvalue weighted by Gasteiger charge is 2.16. The highest BCUT2D eigenvalue weighted by molar-refractivity contribution is 5.76. The molecule has 0 radical (unpaired) electrons. The average Bonchev–Trinajstić information content (AvgIpc) is 3.10. The minimum Gasteiger partial charge on any atom is -0.346 e. The first-order valence-electron chi connectivity index (χ1n) is 9.77. The standard InChI is InChI=1S/C19H28N6O2/c1-14(18-24-23-16-10-5-6-13-25(16)18)21-17(26)11-7-12-20-19(27)22-15-8-3-2-4-9-15/h5-6,10,13-15H,2-4,7-9,11-12H2,1H3,(H,21,26)(H2,20,22,27). The van der Waals surface area contributed by atoms with E-state index in [-0.39, 0.29) is 18.0 Å². The van der Waals surface area contributed by atoms with Crippen molar-refractivity contribution in [2.24, 2.45) is 0 Å². The SMILES string of the molecule is CC(NC(=O)CCCNC(=O)NC1CCCCC1)c1nnc2ccccn12. The van der Waals surface area contributed by atoms with Crippen molar-refractivity contribution in [3.05, 3.63) is 30.2 Å². The van der Waals surface area contributed by atoms with Crippen molar-refractivity contribution in [2.45, 2.75) is 64.0 Å². The van der Waals surface area contributed by atoms with Crippen LogP contribution in [0.5, 0.6) is 0 Å². The van der Waals surface area contributed by atoms with Gasteiger partial charge in [-0.25, -0.2) is 4.79 Å². The van der Waals surface area contributed by atoms with E-state index in [1.165, 1.54) is 19.3 Å². The van der Waals surface area contributed by atoms with Gasteiger partial charge in [-0.2, -0.15) is 0 Å². The van der Waals surface area contributed by atoms with Crippen LogP contribution in [0.2, 0.25) is 0 Å². The number of carbonyl (C=O) groups is 2. The summed E-state index contributed by atoms with van der Waals surface area (Å²) in [5, 5.41) is 17.0. The first-order valence-corrected chi connectivity index (χ1v) is 9.77. The van der Waals surface area contributed by atoms with Gasteiger partial charge in [-0.05, 0) is 38.3 Å². The first kappa shape index (κ1) is 19.1. The molecule has 1 unspecified atom stereocenters. The quantitative estimate of drug-likeness (QED) is 0.649. The molecule has 1 aliphatic rings. The van der Waals surface area contributed by atoms with Gasteiger partial charge in [-0.15, -0.1) is 10.2 Å². The van der Waals surface area contributed by atoms with Crippen LogP contribution in [0.15, 0.2) is 24.4 Å². The largest absolute Gasteiger partial charge is 0.346 e. The van der Waals surface area contributed by atoms with Crippen LogP contribution < -0.4 is 16.0 Å². The Labute approximate surface area is 159 Å². The number of fused-ring (bicyclic) bond motifs is 1. The molecule has 27 heavy (non-hydrogen) atoms. The van der Waals surface area contributed by atoms with E-state index in [1.54, 1.807) is 0 Å². The van der Waals surface area contributed by atoms with Crippen molar-refractivity contribution in [3.63, 3.8) is 0 Å². The Morgan fingerprint density at radius 2 is 2.04 bits per heavy atom. The molecule has 2 aromatic rings. The maximum Gasteiger partial charge on any atom is 0.315 e. The number of aromatic nitrogens is 3. The smallest absolute Gasteiger partial charge is 0.315 e. The van der Waals surface area contributed by atoms with Crippen molar-refractivity contribution in [2.75, 3.05) is 6.54 Å². The number of pyridine rings is 1. The third kappa shape index (κ3) is 5.42. The fraction of sp³-hybridized carbons (Fsp3) is 0.579. The number of amides is 3. The zero-order chi connectivity index (χ0) is 19.1. The number of hydrogen-bond donors (Lipinski definition) is 3. The van der Waals surface area contributed by atoms with Crippen LogP contribution in [0.25, 0.3) is 5.65 Å². The van der Waals surface area contributed by atoms with Gasteiger partial charge in [-0.1, -0.05) is 25.3 Å². The van der Waals surface area contributed by atoms with E-state index in [1.807, 2.05) is 35.7 Å². The maximum absolute atomic E-state index is 12.1. The molecule has 1 atom stereocenters. The fourth-order valence-corrected chi connectivity index (χ4v) is 3.47. The Morgan fingerprint density at radius 1 is 1.22 bits per heavy atom. The molecule has 3 amide bonds. The molecular weight excluding hydrogens is 344 g/mol. The lowest BCUT2D eigenvalue weighted by atomic mass is 9.96. The second kappa shape index (κ2) is 9.34. The molecule has 1 fully saturated rings. The first-order chi connectivity index (χ1) is 13.1. The summed E-state index contributed by atoms with van der Waals surface area (Å²) in [7, 11) is 0. The molecule has 8 nitrogen and oxygen atoms in total. The van der Waals surface area contributed by atoms with Gasteiger partial charge in [-0.3, -0.25) is 9.20 Å². The predicted molar refractivity (Wildman–Crippen MR) is 102 cm³/mol. The van der Waals surface area contributed by atoms with Gasteiger partial charge in [0.25, 0.3) is 0 Å². The second-order valence-corrected chi connectivity index (χ2v) is 7.11. The van der Waals surface area contributed by atoms with Crippen LogP contribution in [0, 0.1) is 0 Å². The molecule has 0 saturated heterocycles. The summed E-state index contributed by atoms with van der Waals surface area (Å²) in [6.07, 6.45) is 8.58. The summed E-state index contributed by atoms with van der Waals surface area (Å²) in [6, 6.07) is 5.59. The lowest BCUT2D eigenvalue weighted by Crippen LogP contribution is -2.43. The molecule has 1 saturated carbocycles. The molecule has 1 aliphatic carbocycles. The summed E-state index contributed by atoms with van der Waals surface area (Å²) in [4.78, 5) is 24.0. The monoisotopic (exact) mass is 372 g/mol. The lowest BCUT2D eigenvalue weighted by Gasteiger charge is -2.22. The van der Waals surface area contributed by atoms with Crippen molar-refractivity contribution >= 4 is 17.6 Å². The Balaban J connectivity index is 1.35. The maximum atomic E-state index is 12.1. The highest BCUT2D eigenvalue weighted by atomic mass is 16.2. The van der Waals surface area contributed by atoms with Crippen LogP contribution in [0.4, 0.5) is 4.79 Å². The van der Waals surface area contributed by atoms with Crippen LogP contribution in [-0.4, -0.2) is 39.1 Å². The number of nitrogens with zero attached hydrogens (tertiary/aromatic N) is 3. The molecule has 0 spiro atoms. The van der Waals surface area contributed by atoms with Gasteiger partial charge in [0, 0.05) is 25.2 Å². The van der Waals surface area contributed by atoms with Crippen molar-refractivity contribution in [3.8, 4) is 0 Å². The Bertz CT molecular complexity index is 768. The number of rotatable bonds is 7. The molecule has 0 bridgehead atoms. The normalized spacial score (nSPS) is 16.0. The topological polar surface area (TPSA) is 100 Å². The Hall–Kier alpha value is -2.64.